The number of rotatable bonds is 5. The number of hydrogen-bond acceptors (Lipinski definition) is 3. The molecule has 0 aliphatic heterocycles. The molecule has 0 saturated carbocycles. The van der Waals surface area contributed by atoms with Crippen LogP contribution in [0, 0.1) is 5.92 Å². The molecule has 0 saturated heterocycles. The highest BCUT2D eigenvalue weighted by Crippen LogP contribution is 2.23. The Hall–Kier alpha value is -2.04. The summed E-state index contributed by atoms with van der Waals surface area (Å²) in [6.45, 7) is 3.32. The summed E-state index contributed by atoms with van der Waals surface area (Å²) in [7, 11) is 1.58. The van der Waals surface area contributed by atoms with Crippen LogP contribution in [-0.2, 0) is 16.0 Å². The second kappa shape index (κ2) is 6.05. The number of carboxylic acids is 1. The summed E-state index contributed by atoms with van der Waals surface area (Å²) in [6, 6.07) is 5.22. The van der Waals surface area contributed by atoms with Gasteiger partial charge < -0.3 is 15.2 Å². The van der Waals surface area contributed by atoms with Gasteiger partial charge in [-0.25, -0.2) is 0 Å². The largest absolute Gasteiger partial charge is 0.496 e. The van der Waals surface area contributed by atoms with Crippen LogP contribution in [0.25, 0.3) is 0 Å². The first-order valence-corrected chi connectivity index (χ1v) is 5.70. The summed E-state index contributed by atoms with van der Waals surface area (Å²) in [6.07, 6.45) is 0.765. The van der Waals surface area contributed by atoms with Crippen molar-refractivity contribution in [2.24, 2.45) is 5.92 Å². The van der Waals surface area contributed by atoms with E-state index in [2.05, 4.69) is 5.32 Å². The zero-order valence-corrected chi connectivity index (χ0v) is 10.7. The zero-order chi connectivity index (χ0) is 13.7. The van der Waals surface area contributed by atoms with Gasteiger partial charge in [0.2, 0.25) is 5.91 Å². The normalized spacial score (nSPS) is 11.7. The number of benzene rings is 1. The molecule has 1 aromatic carbocycles. The predicted octanol–water partition coefficient (Wildman–Crippen LogP) is 1.92. The Morgan fingerprint density at radius 2 is 2.11 bits per heavy atom. The first-order chi connectivity index (χ1) is 8.49. The van der Waals surface area contributed by atoms with Crippen molar-refractivity contribution in [2.45, 2.75) is 20.3 Å². The van der Waals surface area contributed by atoms with Crippen LogP contribution < -0.4 is 10.1 Å². The Balaban J connectivity index is 2.86. The maximum Gasteiger partial charge on any atom is 0.315 e. The second-order valence-corrected chi connectivity index (χ2v) is 3.93. The molecular weight excluding hydrogens is 234 g/mol. The van der Waals surface area contributed by atoms with Gasteiger partial charge in [0.05, 0.1) is 7.11 Å². The molecule has 1 rings (SSSR count). The van der Waals surface area contributed by atoms with Crippen molar-refractivity contribution in [3.63, 3.8) is 0 Å². The molecule has 18 heavy (non-hydrogen) atoms. The van der Waals surface area contributed by atoms with E-state index >= 15 is 0 Å². The van der Waals surface area contributed by atoms with Crippen LogP contribution >= 0.6 is 0 Å². The molecule has 1 amide bonds. The van der Waals surface area contributed by atoms with Gasteiger partial charge >= 0.3 is 5.97 Å². The van der Waals surface area contributed by atoms with Crippen molar-refractivity contribution in [3.05, 3.63) is 23.8 Å². The lowest BCUT2D eigenvalue weighted by atomic mass is 10.1. The summed E-state index contributed by atoms with van der Waals surface area (Å²) in [5, 5.41) is 11.3. The van der Waals surface area contributed by atoms with E-state index in [1.54, 1.807) is 25.3 Å². The van der Waals surface area contributed by atoms with Crippen molar-refractivity contribution < 1.29 is 19.4 Å². The molecule has 0 heterocycles. The minimum atomic E-state index is -1.14. The first-order valence-electron chi connectivity index (χ1n) is 5.70. The molecule has 0 radical (unpaired) electrons. The van der Waals surface area contributed by atoms with Crippen LogP contribution in [0.15, 0.2) is 18.2 Å². The van der Waals surface area contributed by atoms with Gasteiger partial charge in [-0.15, -0.1) is 0 Å². The predicted molar refractivity (Wildman–Crippen MR) is 67.8 cm³/mol. The number of nitrogens with one attached hydrogen (secondary N) is 1. The third-order valence-electron chi connectivity index (χ3n) is 2.69. The molecule has 1 atom stereocenters. The second-order valence-electron chi connectivity index (χ2n) is 3.93. The van der Waals surface area contributed by atoms with Gasteiger partial charge in [-0.05, 0) is 37.1 Å². The van der Waals surface area contributed by atoms with Crippen LogP contribution in [0.4, 0.5) is 5.69 Å². The van der Waals surface area contributed by atoms with Gasteiger partial charge in [0.15, 0.2) is 0 Å². The van der Waals surface area contributed by atoms with Crippen LogP contribution in [0.1, 0.15) is 19.4 Å². The fourth-order valence-corrected chi connectivity index (χ4v) is 1.50. The van der Waals surface area contributed by atoms with E-state index in [4.69, 9.17) is 9.84 Å². The molecular formula is C13H17NO4. The lowest BCUT2D eigenvalue weighted by Crippen LogP contribution is -2.26. The molecule has 0 fully saturated rings. The Morgan fingerprint density at radius 1 is 1.44 bits per heavy atom. The SMILES string of the molecule is CCc1cc(NC(=O)C(C)C(=O)O)ccc1OC. The number of hydrogen-bond donors (Lipinski definition) is 2. The first kappa shape index (κ1) is 14.0. The molecule has 0 aliphatic rings. The van der Waals surface area contributed by atoms with E-state index < -0.39 is 17.8 Å². The highest BCUT2D eigenvalue weighted by molar-refractivity contribution is 6.03. The third-order valence-corrected chi connectivity index (χ3v) is 2.69. The maximum absolute atomic E-state index is 11.6. The topological polar surface area (TPSA) is 75.6 Å². The average Bonchev–Trinajstić information content (AvgIpc) is 2.37. The Bertz CT molecular complexity index is 456. The van der Waals surface area contributed by atoms with Gasteiger partial charge in [-0.1, -0.05) is 6.92 Å². The average molecular weight is 251 g/mol. The monoisotopic (exact) mass is 251 g/mol. The van der Waals surface area contributed by atoms with Crippen LogP contribution in [0.5, 0.6) is 5.75 Å². The summed E-state index contributed by atoms with van der Waals surface area (Å²) in [5.74, 6) is -1.99. The van der Waals surface area contributed by atoms with E-state index in [0.29, 0.717) is 5.69 Å². The van der Waals surface area contributed by atoms with Crippen molar-refractivity contribution in [3.8, 4) is 5.75 Å². The van der Waals surface area contributed by atoms with E-state index in [1.165, 1.54) is 6.92 Å². The van der Waals surface area contributed by atoms with Crippen LogP contribution in [0.2, 0.25) is 0 Å². The summed E-state index contributed by atoms with van der Waals surface area (Å²) in [5.41, 5.74) is 1.53. The number of ether oxygens (including phenoxy) is 1. The highest BCUT2D eigenvalue weighted by atomic mass is 16.5. The Kier molecular flexibility index (Phi) is 4.71. The molecule has 1 unspecified atom stereocenters. The number of aliphatic carboxylic acids is 1. The minimum absolute atomic E-state index is 0.533. The van der Waals surface area contributed by atoms with Gasteiger partial charge in [0, 0.05) is 5.69 Å². The molecule has 0 spiro atoms. The summed E-state index contributed by atoms with van der Waals surface area (Å²) < 4.78 is 5.18. The maximum atomic E-state index is 11.6. The van der Waals surface area contributed by atoms with Gasteiger partial charge in [-0.3, -0.25) is 9.59 Å². The quantitative estimate of drug-likeness (QED) is 0.784. The fraction of sp³-hybridized carbons (Fsp3) is 0.385. The van der Waals surface area contributed by atoms with Crippen LogP contribution in [-0.4, -0.2) is 24.1 Å². The number of carbonyl (C=O) groups excluding carboxylic acids is 1. The summed E-state index contributed by atoms with van der Waals surface area (Å²) >= 11 is 0. The molecule has 5 nitrogen and oxygen atoms in total. The van der Waals surface area contributed by atoms with Crippen molar-refractivity contribution >= 4 is 17.6 Å². The third kappa shape index (κ3) is 3.23. The number of methoxy groups -OCH3 is 1. The fourth-order valence-electron chi connectivity index (χ4n) is 1.50. The molecule has 0 bridgehead atoms. The number of amides is 1. The van der Waals surface area contributed by atoms with Crippen LogP contribution in [0.3, 0.4) is 0 Å². The van der Waals surface area contributed by atoms with E-state index in [1.807, 2.05) is 6.92 Å². The Labute approximate surface area is 106 Å². The molecule has 2 N–H and O–H groups in total. The van der Waals surface area contributed by atoms with E-state index in [0.717, 1.165) is 17.7 Å². The van der Waals surface area contributed by atoms with E-state index in [-0.39, 0.29) is 0 Å². The van der Waals surface area contributed by atoms with E-state index in [9.17, 15) is 9.59 Å². The molecule has 5 heteroatoms. The molecule has 0 aromatic heterocycles. The standard InChI is InChI=1S/C13H17NO4/c1-4-9-7-10(5-6-11(9)18-3)14-12(15)8(2)13(16)17/h5-8H,4H2,1-3H3,(H,14,15)(H,16,17). The van der Waals surface area contributed by atoms with Crippen molar-refractivity contribution in [2.75, 3.05) is 12.4 Å². The van der Waals surface area contributed by atoms with Gasteiger partial charge in [-0.2, -0.15) is 0 Å². The smallest absolute Gasteiger partial charge is 0.315 e. The molecule has 0 aliphatic carbocycles. The lowest BCUT2D eigenvalue weighted by molar-refractivity contribution is -0.144. The molecule has 1 aromatic rings. The van der Waals surface area contributed by atoms with Crippen molar-refractivity contribution in [1.29, 1.82) is 0 Å². The number of aryl methyl sites for hydroxylation is 1. The molecule has 98 valence electrons. The minimum Gasteiger partial charge on any atom is -0.496 e. The number of anilines is 1. The number of carbonyl (C=O) groups is 2. The lowest BCUT2D eigenvalue weighted by Gasteiger charge is -2.11. The highest BCUT2D eigenvalue weighted by Gasteiger charge is 2.20. The Morgan fingerprint density at radius 3 is 2.61 bits per heavy atom. The van der Waals surface area contributed by atoms with Gasteiger partial charge in [0.1, 0.15) is 11.7 Å². The number of carboxylic acid groups (broad SMARTS) is 1. The zero-order valence-electron chi connectivity index (χ0n) is 10.7. The van der Waals surface area contributed by atoms with Gasteiger partial charge in [0.25, 0.3) is 0 Å². The van der Waals surface area contributed by atoms with Crippen molar-refractivity contribution in [1.82, 2.24) is 0 Å². The summed E-state index contributed by atoms with van der Waals surface area (Å²) in [4.78, 5) is 22.3.